The number of hydrogen-bond donors (Lipinski definition) is 3. The molecule has 4 aromatic rings. The maximum atomic E-state index is 15.7. The minimum Gasteiger partial charge on any atom is -0.358 e. The molecule has 2 amide bonds. The molecular formula is C23H22F2N6O2S. The van der Waals surface area contributed by atoms with E-state index >= 15 is 4.39 Å². The molecule has 11 heteroatoms. The molecule has 3 aromatic heterocycles. The number of amides is 2. The van der Waals surface area contributed by atoms with Crippen molar-refractivity contribution in [3.8, 4) is 11.1 Å². The van der Waals surface area contributed by atoms with Gasteiger partial charge in [0.05, 0.1) is 33.8 Å². The molecule has 1 aliphatic carbocycles. The molecule has 3 N–H and O–H groups in total. The lowest BCUT2D eigenvalue weighted by Gasteiger charge is -2.15. The maximum Gasteiger partial charge on any atom is 0.231 e. The van der Waals surface area contributed by atoms with Gasteiger partial charge < -0.3 is 10.6 Å². The van der Waals surface area contributed by atoms with Gasteiger partial charge in [0.25, 0.3) is 0 Å². The predicted molar refractivity (Wildman–Crippen MR) is 126 cm³/mol. The summed E-state index contributed by atoms with van der Waals surface area (Å²) in [4.78, 5) is 24.1. The normalized spacial score (nSPS) is 17.3. The summed E-state index contributed by atoms with van der Waals surface area (Å²) in [6.45, 7) is 1.88. The molecule has 2 atom stereocenters. The molecule has 34 heavy (non-hydrogen) atoms. The van der Waals surface area contributed by atoms with Gasteiger partial charge >= 0.3 is 0 Å². The van der Waals surface area contributed by atoms with Gasteiger partial charge in [-0.15, -0.1) is 11.8 Å². The van der Waals surface area contributed by atoms with Crippen LogP contribution in [0.2, 0.25) is 0 Å². The largest absolute Gasteiger partial charge is 0.358 e. The Kier molecular flexibility index (Phi) is 5.72. The average Bonchev–Trinajstić information content (AvgIpc) is 3.20. The Balaban J connectivity index is 1.55. The molecule has 8 nitrogen and oxygen atoms in total. The van der Waals surface area contributed by atoms with Crippen molar-refractivity contribution in [3.05, 3.63) is 42.0 Å². The second-order valence-electron chi connectivity index (χ2n) is 8.13. The molecule has 1 aliphatic rings. The first-order valence-electron chi connectivity index (χ1n) is 10.9. The van der Waals surface area contributed by atoms with Gasteiger partial charge in [-0.25, -0.2) is 13.3 Å². The van der Waals surface area contributed by atoms with Crippen LogP contribution in [0, 0.1) is 11.7 Å². The van der Waals surface area contributed by atoms with Gasteiger partial charge in [-0.1, -0.05) is 6.92 Å². The second kappa shape index (κ2) is 8.71. The number of thioether (sulfide) groups is 1. The number of carbonyl (C=O) groups excluding carboxylic acids is 2. The van der Waals surface area contributed by atoms with Gasteiger partial charge in [0.1, 0.15) is 12.0 Å². The molecule has 0 bridgehead atoms. The second-order valence-corrected chi connectivity index (χ2v) is 9.12. The lowest BCUT2D eigenvalue weighted by Crippen LogP contribution is -2.19. The quantitative estimate of drug-likeness (QED) is 0.347. The molecule has 0 spiro atoms. The van der Waals surface area contributed by atoms with E-state index in [0.717, 1.165) is 22.7 Å². The number of anilines is 1. The van der Waals surface area contributed by atoms with Gasteiger partial charge in [-0.05, 0) is 41.7 Å². The van der Waals surface area contributed by atoms with Gasteiger partial charge in [0.2, 0.25) is 11.8 Å². The first kappa shape index (κ1) is 22.3. The van der Waals surface area contributed by atoms with E-state index in [1.165, 1.54) is 0 Å². The van der Waals surface area contributed by atoms with E-state index in [-0.39, 0.29) is 29.8 Å². The van der Waals surface area contributed by atoms with E-state index in [2.05, 4.69) is 25.9 Å². The summed E-state index contributed by atoms with van der Waals surface area (Å²) in [5.74, 6) is -1.14. The summed E-state index contributed by atoms with van der Waals surface area (Å²) in [7, 11) is 1.54. The van der Waals surface area contributed by atoms with Crippen LogP contribution in [0.1, 0.15) is 18.9 Å². The molecule has 0 saturated heterocycles. The van der Waals surface area contributed by atoms with Crippen LogP contribution in [0.15, 0.2) is 35.5 Å². The number of nitrogens with zero attached hydrogens (tertiary/aromatic N) is 3. The Morgan fingerprint density at radius 3 is 2.85 bits per heavy atom. The van der Waals surface area contributed by atoms with Crippen molar-refractivity contribution in [2.24, 2.45) is 5.92 Å². The number of hydrogen-bond acceptors (Lipinski definition) is 5. The van der Waals surface area contributed by atoms with Gasteiger partial charge in [0.15, 0.2) is 5.82 Å². The lowest BCUT2D eigenvalue weighted by molar-refractivity contribution is -0.118. The zero-order chi connectivity index (χ0) is 24.0. The smallest absolute Gasteiger partial charge is 0.231 e. The topological polar surface area (TPSA) is 104 Å². The Bertz CT molecular complexity index is 1430. The summed E-state index contributed by atoms with van der Waals surface area (Å²) in [5, 5.41) is 17.3. The van der Waals surface area contributed by atoms with Crippen LogP contribution in [-0.2, 0) is 16.0 Å². The van der Waals surface area contributed by atoms with Crippen LogP contribution < -0.4 is 10.6 Å². The highest BCUT2D eigenvalue weighted by molar-refractivity contribution is 8.00. The highest BCUT2D eigenvalue weighted by Crippen LogP contribution is 2.40. The Hall–Kier alpha value is -3.47. The number of fused-ring (bicyclic) bond motifs is 2. The number of halogens is 2. The molecule has 1 saturated carbocycles. The SMILES string of the molecule is CCc1c(F)c(SCC(=O)NC)c2[nH]ncc2c1-c1ccn2nc(NC(=O)[C@@H]3C[C@@H]3F)cc2c1. The van der Waals surface area contributed by atoms with Gasteiger partial charge in [-0.3, -0.25) is 14.7 Å². The third kappa shape index (κ3) is 3.89. The van der Waals surface area contributed by atoms with Crippen molar-refractivity contribution >= 4 is 45.8 Å². The molecule has 1 fully saturated rings. The summed E-state index contributed by atoms with van der Waals surface area (Å²) >= 11 is 1.13. The highest BCUT2D eigenvalue weighted by atomic mass is 32.2. The van der Waals surface area contributed by atoms with Crippen molar-refractivity contribution < 1.29 is 18.4 Å². The van der Waals surface area contributed by atoms with Crippen LogP contribution in [-0.4, -0.2) is 50.6 Å². The van der Waals surface area contributed by atoms with Crippen molar-refractivity contribution in [1.29, 1.82) is 0 Å². The van der Waals surface area contributed by atoms with E-state index in [0.29, 0.717) is 39.3 Å². The Morgan fingerprint density at radius 2 is 2.15 bits per heavy atom. The zero-order valence-electron chi connectivity index (χ0n) is 18.5. The number of alkyl halides is 1. The molecule has 0 unspecified atom stereocenters. The van der Waals surface area contributed by atoms with Crippen molar-refractivity contribution in [3.63, 3.8) is 0 Å². The first-order chi connectivity index (χ1) is 16.4. The third-order valence-corrected chi connectivity index (χ3v) is 7.01. The molecule has 0 aliphatic heterocycles. The van der Waals surface area contributed by atoms with E-state index in [9.17, 15) is 14.0 Å². The molecule has 3 heterocycles. The van der Waals surface area contributed by atoms with Gasteiger partial charge in [0, 0.05) is 24.7 Å². The molecule has 1 aromatic carbocycles. The summed E-state index contributed by atoms with van der Waals surface area (Å²) in [6, 6.07) is 5.37. The number of pyridine rings is 1. The van der Waals surface area contributed by atoms with Crippen molar-refractivity contribution in [2.75, 3.05) is 18.1 Å². The Morgan fingerprint density at radius 1 is 1.35 bits per heavy atom. The molecular weight excluding hydrogens is 462 g/mol. The fourth-order valence-corrected chi connectivity index (χ4v) is 5.01. The van der Waals surface area contributed by atoms with Crippen molar-refractivity contribution in [2.45, 2.75) is 30.8 Å². The van der Waals surface area contributed by atoms with Crippen LogP contribution in [0.5, 0.6) is 0 Å². The number of carbonyl (C=O) groups is 2. The highest BCUT2D eigenvalue weighted by Gasteiger charge is 2.43. The minimum atomic E-state index is -1.08. The summed E-state index contributed by atoms with van der Waals surface area (Å²) in [6.07, 6.45) is 2.98. The molecule has 0 radical (unpaired) electrons. The van der Waals surface area contributed by atoms with E-state index in [1.807, 2.05) is 19.1 Å². The van der Waals surface area contributed by atoms with E-state index in [4.69, 9.17) is 0 Å². The van der Waals surface area contributed by atoms with Crippen LogP contribution >= 0.6 is 11.8 Å². The minimum absolute atomic E-state index is 0.0876. The molecule has 5 rings (SSSR count). The maximum absolute atomic E-state index is 15.7. The zero-order valence-corrected chi connectivity index (χ0v) is 19.3. The van der Waals surface area contributed by atoms with Crippen LogP contribution in [0.25, 0.3) is 27.5 Å². The van der Waals surface area contributed by atoms with E-state index < -0.39 is 12.1 Å². The third-order valence-electron chi connectivity index (χ3n) is 5.93. The lowest BCUT2D eigenvalue weighted by atomic mass is 9.94. The standard InChI is InChI=1S/C23H22F2N6O2S/c1-3-13-19(15-9-27-29-21(15)22(20(13)25)34-10-18(32)26-2)11-4-5-31-12(6-11)7-17(30-31)28-23(33)14-8-16(14)24/h4-7,9,14,16H,3,8,10H2,1-2H3,(H,26,32)(H,27,29)(H,28,30,33)/t14-,16+/m1/s1. The van der Waals surface area contributed by atoms with Crippen LogP contribution in [0.3, 0.4) is 0 Å². The number of nitrogens with one attached hydrogen (secondary N) is 3. The summed E-state index contributed by atoms with van der Waals surface area (Å²) in [5.41, 5.74) is 3.22. The average molecular weight is 485 g/mol. The van der Waals surface area contributed by atoms with Gasteiger partial charge in [-0.2, -0.15) is 10.2 Å². The monoisotopic (exact) mass is 484 g/mol. The predicted octanol–water partition coefficient (Wildman–Crippen LogP) is 3.71. The molecule has 176 valence electrons. The fourth-order valence-electron chi connectivity index (χ4n) is 4.04. The fraction of sp³-hybridized carbons (Fsp3) is 0.304. The first-order valence-corrected chi connectivity index (χ1v) is 11.8. The van der Waals surface area contributed by atoms with Crippen LogP contribution in [0.4, 0.5) is 14.6 Å². The number of H-pyrrole nitrogens is 1. The van der Waals surface area contributed by atoms with Crippen molar-refractivity contribution in [1.82, 2.24) is 25.1 Å². The number of rotatable bonds is 7. The number of aromatic nitrogens is 4. The number of aromatic amines is 1. The number of benzene rings is 1. The summed E-state index contributed by atoms with van der Waals surface area (Å²) < 4.78 is 30.4. The van der Waals surface area contributed by atoms with E-state index in [1.54, 1.807) is 30.0 Å². The Labute approximate surface area is 197 Å².